The molecule has 0 aliphatic heterocycles. The average molecular weight is 370 g/mol. The van der Waals surface area contributed by atoms with E-state index >= 15 is 0 Å². The highest BCUT2D eigenvalue weighted by Gasteiger charge is 2.07. The van der Waals surface area contributed by atoms with Gasteiger partial charge < -0.3 is 10.3 Å². The number of anilines is 1. The normalized spacial score (nSPS) is 10.5. The van der Waals surface area contributed by atoms with E-state index in [2.05, 4.69) is 15.3 Å². The van der Waals surface area contributed by atoms with E-state index in [0.717, 1.165) is 21.1 Å². The van der Waals surface area contributed by atoms with Gasteiger partial charge in [0, 0.05) is 16.1 Å². The number of hydrogen-bond donors (Lipinski definition) is 2. The molecule has 3 aromatic carbocycles. The van der Waals surface area contributed by atoms with Gasteiger partial charge in [-0.15, -0.1) is 0 Å². The second-order valence-corrected chi connectivity index (χ2v) is 6.89. The SMILES string of the molecule is N#Cc1ccc(C(=O)Nc2ccc(Sc3nc4ccccc4[nH]3)cc2)cc1. The Morgan fingerprint density at radius 2 is 1.74 bits per heavy atom. The van der Waals surface area contributed by atoms with Gasteiger partial charge in [0.1, 0.15) is 0 Å². The number of carbonyl (C=O) groups excluding carboxylic acids is 1. The molecule has 0 atom stereocenters. The first-order valence-corrected chi connectivity index (χ1v) is 9.07. The van der Waals surface area contributed by atoms with Crippen LogP contribution < -0.4 is 5.32 Å². The molecular weight excluding hydrogens is 356 g/mol. The Morgan fingerprint density at radius 1 is 1.00 bits per heavy atom. The molecule has 0 radical (unpaired) electrons. The topological polar surface area (TPSA) is 81.6 Å². The first-order valence-electron chi connectivity index (χ1n) is 8.25. The monoisotopic (exact) mass is 370 g/mol. The Balaban J connectivity index is 1.43. The zero-order valence-electron chi connectivity index (χ0n) is 14.1. The van der Waals surface area contributed by atoms with Crippen molar-refractivity contribution in [3.05, 3.63) is 83.9 Å². The average Bonchev–Trinajstić information content (AvgIpc) is 3.12. The summed E-state index contributed by atoms with van der Waals surface area (Å²) in [6, 6.07) is 24.0. The molecule has 1 amide bonds. The van der Waals surface area contributed by atoms with Crippen LogP contribution >= 0.6 is 11.8 Å². The Labute approximate surface area is 160 Å². The van der Waals surface area contributed by atoms with E-state index < -0.39 is 0 Å². The van der Waals surface area contributed by atoms with Gasteiger partial charge in [-0.3, -0.25) is 4.79 Å². The van der Waals surface area contributed by atoms with Gasteiger partial charge in [0.15, 0.2) is 5.16 Å². The number of fused-ring (bicyclic) bond motifs is 1. The summed E-state index contributed by atoms with van der Waals surface area (Å²) in [7, 11) is 0. The second-order valence-electron chi connectivity index (χ2n) is 5.83. The van der Waals surface area contributed by atoms with Crippen molar-refractivity contribution >= 4 is 34.4 Å². The number of aromatic amines is 1. The third kappa shape index (κ3) is 3.84. The van der Waals surface area contributed by atoms with E-state index in [1.165, 1.54) is 11.8 Å². The Bertz CT molecular complexity index is 1110. The van der Waals surface area contributed by atoms with Crippen molar-refractivity contribution in [1.82, 2.24) is 9.97 Å². The highest BCUT2D eigenvalue weighted by atomic mass is 32.2. The number of H-pyrrole nitrogens is 1. The standard InChI is InChI=1S/C21H14N4OS/c22-13-14-5-7-15(8-6-14)20(26)23-16-9-11-17(12-10-16)27-21-24-18-3-1-2-4-19(18)25-21/h1-12H,(H,23,26)(H,24,25). The Morgan fingerprint density at radius 3 is 2.44 bits per heavy atom. The number of nitrogens with one attached hydrogen (secondary N) is 2. The summed E-state index contributed by atoms with van der Waals surface area (Å²) in [5, 5.41) is 12.5. The minimum Gasteiger partial charge on any atom is -0.333 e. The third-order valence-electron chi connectivity index (χ3n) is 3.97. The zero-order valence-corrected chi connectivity index (χ0v) is 15.0. The maximum absolute atomic E-state index is 12.3. The molecule has 0 fully saturated rings. The van der Waals surface area contributed by atoms with E-state index in [1.807, 2.05) is 54.6 Å². The number of benzene rings is 3. The minimum absolute atomic E-state index is 0.211. The van der Waals surface area contributed by atoms with Gasteiger partial charge in [-0.25, -0.2) is 4.98 Å². The van der Waals surface area contributed by atoms with Gasteiger partial charge in [0.2, 0.25) is 0 Å². The Kier molecular flexibility index (Phi) is 4.60. The summed E-state index contributed by atoms with van der Waals surface area (Å²) >= 11 is 1.53. The van der Waals surface area contributed by atoms with Crippen LogP contribution in [0, 0.1) is 11.3 Å². The molecular formula is C21H14N4OS. The first kappa shape index (κ1) is 16.9. The summed E-state index contributed by atoms with van der Waals surface area (Å²) in [4.78, 5) is 21.1. The highest BCUT2D eigenvalue weighted by Crippen LogP contribution is 2.28. The number of nitrogens with zero attached hydrogens (tertiary/aromatic N) is 2. The van der Waals surface area contributed by atoms with Crippen LogP contribution in [0.15, 0.2) is 82.8 Å². The van der Waals surface area contributed by atoms with Crippen LogP contribution in [-0.2, 0) is 0 Å². The predicted octanol–water partition coefficient (Wildman–Crippen LogP) is 4.84. The van der Waals surface area contributed by atoms with E-state index in [-0.39, 0.29) is 5.91 Å². The molecule has 6 heteroatoms. The third-order valence-corrected chi connectivity index (χ3v) is 4.87. The molecule has 0 saturated carbocycles. The maximum atomic E-state index is 12.3. The number of imidazole rings is 1. The number of nitriles is 1. The molecule has 0 saturated heterocycles. The molecule has 1 aromatic heterocycles. The summed E-state index contributed by atoms with van der Waals surface area (Å²) in [6.07, 6.45) is 0. The Hall–Kier alpha value is -3.56. The van der Waals surface area contributed by atoms with Crippen molar-refractivity contribution in [3.63, 3.8) is 0 Å². The fraction of sp³-hybridized carbons (Fsp3) is 0. The van der Waals surface area contributed by atoms with Crippen LogP contribution in [0.1, 0.15) is 15.9 Å². The molecule has 2 N–H and O–H groups in total. The van der Waals surface area contributed by atoms with Gasteiger partial charge in [0.25, 0.3) is 5.91 Å². The second kappa shape index (κ2) is 7.36. The number of para-hydroxylation sites is 2. The van der Waals surface area contributed by atoms with Gasteiger partial charge in [-0.05, 0) is 60.7 Å². The largest absolute Gasteiger partial charge is 0.333 e. The molecule has 0 unspecified atom stereocenters. The van der Waals surface area contributed by atoms with Crippen LogP contribution in [0.5, 0.6) is 0 Å². The summed E-state index contributed by atoms with van der Waals surface area (Å²) in [5.74, 6) is -0.211. The van der Waals surface area contributed by atoms with E-state index in [9.17, 15) is 4.79 Å². The van der Waals surface area contributed by atoms with Crippen LogP contribution in [0.4, 0.5) is 5.69 Å². The number of hydrogen-bond acceptors (Lipinski definition) is 4. The first-order chi connectivity index (χ1) is 13.2. The van der Waals surface area contributed by atoms with Gasteiger partial charge in [-0.2, -0.15) is 5.26 Å². The van der Waals surface area contributed by atoms with E-state index in [0.29, 0.717) is 16.8 Å². The van der Waals surface area contributed by atoms with Crippen molar-refractivity contribution in [3.8, 4) is 6.07 Å². The van der Waals surface area contributed by atoms with Crippen molar-refractivity contribution in [2.75, 3.05) is 5.32 Å². The number of aromatic nitrogens is 2. The van der Waals surface area contributed by atoms with Crippen molar-refractivity contribution in [2.24, 2.45) is 0 Å². The number of carbonyl (C=O) groups is 1. The molecule has 0 bridgehead atoms. The van der Waals surface area contributed by atoms with Crippen molar-refractivity contribution in [1.29, 1.82) is 5.26 Å². The van der Waals surface area contributed by atoms with Crippen molar-refractivity contribution in [2.45, 2.75) is 10.1 Å². The van der Waals surface area contributed by atoms with Crippen LogP contribution in [0.25, 0.3) is 11.0 Å². The lowest BCUT2D eigenvalue weighted by Crippen LogP contribution is -2.11. The lowest BCUT2D eigenvalue weighted by atomic mass is 10.1. The van der Waals surface area contributed by atoms with Gasteiger partial charge in [-0.1, -0.05) is 23.9 Å². The molecule has 27 heavy (non-hydrogen) atoms. The lowest BCUT2D eigenvalue weighted by Gasteiger charge is -2.06. The summed E-state index contributed by atoms with van der Waals surface area (Å²) < 4.78 is 0. The summed E-state index contributed by atoms with van der Waals surface area (Å²) in [5.41, 5.74) is 3.68. The van der Waals surface area contributed by atoms with E-state index in [1.54, 1.807) is 24.3 Å². The highest BCUT2D eigenvalue weighted by molar-refractivity contribution is 7.99. The van der Waals surface area contributed by atoms with Crippen LogP contribution in [-0.4, -0.2) is 15.9 Å². The molecule has 0 spiro atoms. The van der Waals surface area contributed by atoms with Gasteiger partial charge in [0.05, 0.1) is 22.7 Å². The molecule has 4 aromatic rings. The minimum atomic E-state index is -0.211. The lowest BCUT2D eigenvalue weighted by molar-refractivity contribution is 0.102. The molecule has 1 heterocycles. The maximum Gasteiger partial charge on any atom is 0.255 e. The smallest absolute Gasteiger partial charge is 0.255 e. The van der Waals surface area contributed by atoms with Crippen molar-refractivity contribution < 1.29 is 4.79 Å². The quantitative estimate of drug-likeness (QED) is 0.539. The number of amides is 1. The molecule has 0 aliphatic rings. The number of rotatable bonds is 4. The molecule has 5 nitrogen and oxygen atoms in total. The fourth-order valence-corrected chi connectivity index (χ4v) is 3.40. The summed E-state index contributed by atoms with van der Waals surface area (Å²) in [6.45, 7) is 0. The zero-order chi connectivity index (χ0) is 18.6. The van der Waals surface area contributed by atoms with Gasteiger partial charge >= 0.3 is 0 Å². The molecule has 130 valence electrons. The molecule has 4 rings (SSSR count). The fourth-order valence-electron chi connectivity index (χ4n) is 2.60. The molecule has 0 aliphatic carbocycles. The van der Waals surface area contributed by atoms with Crippen LogP contribution in [0.2, 0.25) is 0 Å². The predicted molar refractivity (Wildman–Crippen MR) is 106 cm³/mol. The van der Waals surface area contributed by atoms with E-state index in [4.69, 9.17) is 5.26 Å². The van der Waals surface area contributed by atoms with Crippen LogP contribution in [0.3, 0.4) is 0 Å².